The molecule has 0 fully saturated rings. The highest BCUT2D eigenvalue weighted by Gasteiger charge is 2.18. The number of rotatable bonds is 3. The second-order valence-corrected chi connectivity index (χ2v) is 4.92. The molecule has 18 heavy (non-hydrogen) atoms. The lowest BCUT2D eigenvalue weighted by atomic mass is 9.97. The van der Waals surface area contributed by atoms with Gasteiger partial charge in [0.2, 0.25) is 0 Å². The van der Waals surface area contributed by atoms with Gasteiger partial charge in [-0.15, -0.1) is 0 Å². The molecule has 1 N–H and O–H groups in total. The first kappa shape index (κ1) is 11.3. The number of hydrogen-bond acceptors (Lipinski definition) is 2. The first-order valence-electron chi connectivity index (χ1n) is 6.68. The van der Waals surface area contributed by atoms with Crippen molar-refractivity contribution in [2.75, 3.05) is 11.9 Å². The van der Waals surface area contributed by atoms with Crippen LogP contribution >= 0.6 is 0 Å². The van der Waals surface area contributed by atoms with Gasteiger partial charge in [-0.3, -0.25) is 4.68 Å². The topological polar surface area (TPSA) is 29.9 Å². The van der Waals surface area contributed by atoms with Crippen LogP contribution in [0.25, 0.3) is 11.1 Å². The monoisotopic (exact) mass is 241 g/mol. The molecule has 0 aliphatic carbocycles. The van der Waals surface area contributed by atoms with Crippen LogP contribution in [0.5, 0.6) is 0 Å². The highest BCUT2D eigenvalue weighted by molar-refractivity contribution is 5.76. The predicted octanol–water partition coefficient (Wildman–Crippen LogP) is 3.01. The van der Waals surface area contributed by atoms with Crippen molar-refractivity contribution in [1.82, 2.24) is 9.78 Å². The zero-order valence-corrected chi connectivity index (χ0v) is 11.0. The molecule has 0 spiro atoms. The van der Waals surface area contributed by atoms with Crippen molar-refractivity contribution in [2.24, 2.45) is 7.05 Å². The molecule has 94 valence electrons. The molecule has 0 atom stereocenters. The standard InChI is InChI=1S/C15H19N3/c1-3-5-15-13(10-18(2)17-15)11-6-4-7-14-12(11)8-9-16-14/h4,6-7,10,16H,3,5,8-9H2,1-2H3. The van der Waals surface area contributed by atoms with Gasteiger partial charge in [-0.1, -0.05) is 25.5 Å². The van der Waals surface area contributed by atoms with Crippen LogP contribution in [-0.4, -0.2) is 16.3 Å². The number of benzene rings is 1. The predicted molar refractivity (Wildman–Crippen MR) is 74.8 cm³/mol. The van der Waals surface area contributed by atoms with E-state index >= 15 is 0 Å². The van der Waals surface area contributed by atoms with E-state index in [9.17, 15) is 0 Å². The molecule has 0 saturated heterocycles. The maximum absolute atomic E-state index is 4.60. The van der Waals surface area contributed by atoms with Crippen molar-refractivity contribution in [1.29, 1.82) is 0 Å². The summed E-state index contributed by atoms with van der Waals surface area (Å²) in [7, 11) is 2.00. The van der Waals surface area contributed by atoms with Gasteiger partial charge >= 0.3 is 0 Å². The molecule has 1 aliphatic rings. The van der Waals surface area contributed by atoms with Crippen LogP contribution in [0.2, 0.25) is 0 Å². The summed E-state index contributed by atoms with van der Waals surface area (Å²) in [6.45, 7) is 3.26. The number of aromatic nitrogens is 2. The van der Waals surface area contributed by atoms with Crippen molar-refractivity contribution < 1.29 is 0 Å². The molecule has 1 aromatic heterocycles. The van der Waals surface area contributed by atoms with E-state index in [1.54, 1.807) is 0 Å². The van der Waals surface area contributed by atoms with E-state index in [0.717, 1.165) is 25.8 Å². The minimum absolute atomic E-state index is 1.05. The summed E-state index contributed by atoms with van der Waals surface area (Å²) in [5.41, 5.74) is 6.62. The number of aryl methyl sites for hydroxylation is 2. The number of hydrogen-bond donors (Lipinski definition) is 1. The summed E-state index contributed by atoms with van der Waals surface area (Å²) in [5, 5.41) is 8.04. The molecule has 3 heteroatoms. The number of nitrogens with zero attached hydrogens (tertiary/aromatic N) is 2. The first-order valence-corrected chi connectivity index (χ1v) is 6.68. The Morgan fingerprint density at radius 1 is 1.33 bits per heavy atom. The van der Waals surface area contributed by atoms with E-state index < -0.39 is 0 Å². The maximum atomic E-state index is 4.60. The molecule has 2 aromatic rings. The molecule has 0 saturated carbocycles. The number of fused-ring (bicyclic) bond motifs is 1. The van der Waals surface area contributed by atoms with Crippen LogP contribution in [0, 0.1) is 0 Å². The van der Waals surface area contributed by atoms with E-state index in [2.05, 4.69) is 41.7 Å². The van der Waals surface area contributed by atoms with Crippen LogP contribution in [0.1, 0.15) is 24.6 Å². The fourth-order valence-electron chi connectivity index (χ4n) is 2.78. The summed E-state index contributed by atoms with van der Waals surface area (Å²) in [5.74, 6) is 0. The average molecular weight is 241 g/mol. The highest BCUT2D eigenvalue weighted by Crippen LogP contribution is 2.34. The molecule has 2 heterocycles. The third-order valence-corrected chi connectivity index (χ3v) is 3.55. The van der Waals surface area contributed by atoms with Gasteiger partial charge in [0, 0.05) is 31.0 Å². The fourth-order valence-corrected chi connectivity index (χ4v) is 2.78. The smallest absolute Gasteiger partial charge is 0.0702 e. The third kappa shape index (κ3) is 1.80. The summed E-state index contributed by atoms with van der Waals surface area (Å²) < 4.78 is 1.93. The Hall–Kier alpha value is -1.77. The Kier molecular flexibility index (Phi) is 2.82. The highest BCUT2D eigenvalue weighted by atomic mass is 15.2. The Balaban J connectivity index is 2.12. The largest absolute Gasteiger partial charge is 0.384 e. The Bertz CT molecular complexity index is 569. The van der Waals surface area contributed by atoms with Gasteiger partial charge in [0.05, 0.1) is 5.69 Å². The molecule has 0 unspecified atom stereocenters. The van der Waals surface area contributed by atoms with E-state index in [-0.39, 0.29) is 0 Å². The van der Waals surface area contributed by atoms with Gasteiger partial charge in [-0.2, -0.15) is 5.10 Å². The minimum Gasteiger partial charge on any atom is -0.384 e. The zero-order chi connectivity index (χ0) is 12.5. The van der Waals surface area contributed by atoms with Gasteiger partial charge in [0.1, 0.15) is 0 Å². The summed E-state index contributed by atoms with van der Waals surface area (Å²) in [4.78, 5) is 0. The normalized spacial score (nSPS) is 13.4. The van der Waals surface area contributed by atoms with E-state index in [1.807, 2.05) is 11.7 Å². The van der Waals surface area contributed by atoms with E-state index in [1.165, 1.54) is 28.1 Å². The zero-order valence-electron chi connectivity index (χ0n) is 11.0. The lowest BCUT2D eigenvalue weighted by Crippen LogP contribution is -1.92. The summed E-state index contributed by atoms with van der Waals surface area (Å²) >= 11 is 0. The van der Waals surface area contributed by atoms with Crippen molar-refractivity contribution in [3.8, 4) is 11.1 Å². The van der Waals surface area contributed by atoms with Crippen molar-refractivity contribution in [3.05, 3.63) is 35.7 Å². The van der Waals surface area contributed by atoms with E-state index in [4.69, 9.17) is 0 Å². The molecule has 1 aromatic carbocycles. The van der Waals surface area contributed by atoms with Gasteiger partial charge < -0.3 is 5.32 Å². The summed E-state index contributed by atoms with van der Waals surface area (Å²) in [6, 6.07) is 6.53. The van der Waals surface area contributed by atoms with Crippen LogP contribution in [-0.2, 0) is 19.9 Å². The lowest BCUT2D eigenvalue weighted by Gasteiger charge is -2.07. The Morgan fingerprint density at radius 2 is 2.22 bits per heavy atom. The molecule has 0 bridgehead atoms. The third-order valence-electron chi connectivity index (χ3n) is 3.55. The van der Waals surface area contributed by atoms with Gasteiger partial charge in [0.15, 0.2) is 0 Å². The van der Waals surface area contributed by atoms with Crippen LogP contribution in [0.4, 0.5) is 5.69 Å². The Morgan fingerprint density at radius 3 is 3.06 bits per heavy atom. The van der Waals surface area contributed by atoms with E-state index in [0.29, 0.717) is 0 Å². The molecule has 0 amide bonds. The molecule has 0 radical (unpaired) electrons. The molecular weight excluding hydrogens is 222 g/mol. The molecule has 1 aliphatic heterocycles. The number of nitrogens with one attached hydrogen (secondary N) is 1. The molecule has 3 nitrogen and oxygen atoms in total. The van der Waals surface area contributed by atoms with Crippen LogP contribution in [0.15, 0.2) is 24.4 Å². The van der Waals surface area contributed by atoms with Crippen LogP contribution in [0.3, 0.4) is 0 Å². The molecule has 3 rings (SSSR count). The van der Waals surface area contributed by atoms with Crippen molar-refractivity contribution >= 4 is 5.69 Å². The minimum atomic E-state index is 1.05. The fraction of sp³-hybridized carbons (Fsp3) is 0.400. The van der Waals surface area contributed by atoms with Crippen molar-refractivity contribution in [2.45, 2.75) is 26.2 Å². The quantitative estimate of drug-likeness (QED) is 0.895. The first-order chi connectivity index (χ1) is 8.79. The summed E-state index contributed by atoms with van der Waals surface area (Å²) in [6.07, 6.45) is 5.45. The molecular formula is C15H19N3. The van der Waals surface area contributed by atoms with Gasteiger partial charge in [0.25, 0.3) is 0 Å². The van der Waals surface area contributed by atoms with Crippen LogP contribution < -0.4 is 5.32 Å². The van der Waals surface area contributed by atoms with Gasteiger partial charge in [-0.25, -0.2) is 0 Å². The maximum Gasteiger partial charge on any atom is 0.0702 e. The average Bonchev–Trinajstić information content (AvgIpc) is 2.95. The second-order valence-electron chi connectivity index (χ2n) is 4.92. The van der Waals surface area contributed by atoms with Crippen molar-refractivity contribution in [3.63, 3.8) is 0 Å². The van der Waals surface area contributed by atoms with Gasteiger partial charge in [-0.05, 0) is 30.0 Å². The SMILES string of the molecule is CCCc1nn(C)cc1-c1cccc2c1CCN2. The Labute approximate surface area is 108 Å². The second kappa shape index (κ2) is 4.48. The lowest BCUT2D eigenvalue weighted by molar-refractivity contribution is 0.733. The number of anilines is 1.